The van der Waals surface area contributed by atoms with Crippen molar-refractivity contribution in [2.24, 2.45) is 5.73 Å². The van der Waals surface area contributed by atoms with Crippen molar-refractivity contribution in [2.45, 2.75) is 51.7 Å². The molecule has 0 aromatic heterocycles. The van der Waals surface area contributed by atoms with E-state index in [1.54, 1.807) is 18.2 Å². The third-order valence-electron chi connectivity index (χ3n) is 4.15. The van der Waals surface area contributed by atoms with Gasteiger partial charge in [0.2, 0.25) is 0 Å². The summed E-state index contributed by atoms with van der Waals surface area (Å²) in [4.78, 5) is 2.36. The minimum atomic E-state index is -0.344. The summed E-state index contributed by atoms with van der Waals surface area (Å²) in [5, 5.41) is 7.40. The Balaban J connectivity index is 2.23. The first-order valence-corrected chi connectivity index (χ1v) is 6.92. The molecule has 0 aliphatic carbocycles. The summed E-state index contributed by atoms with van der Waals surface area (Å²) in [6, 6.07) is 6.16. The highest BCUT2D eigenvalue weighted by atomic mass is 19.1. The van der Waals surface area contributed by atoms with Crippen molar-refractivity contribution in [1.29, 1.82) is 5.41 Å². The summed E-state index contributed by atoms with van der Waals surface area (Å²) >= 11 is 0. The topological polar surface area (TPSA) is 53.1 Å². The number of hydrogen-bond acceptors (Lipinski definition) is 2. The van der Waals surface area contributed by atoms with E-state index in [1.807, 2.05) is 0 Å². The van der Waals surface area contributed by atoms with Gasteiger partial charge in [-0.15, -0.1) is 0 Å². The van der Waals surface area contributed by atoms with Crippen LogP contribution in [-0.2, 0) is 6.54 Å². The largest absolute Gasteiger partial charge is 0.384 e. The number of likely N-dealkylation sites (tertiary alicyclic amines) is 1. The van der Waals surface area contributed by atoms with Crippen LogP contribution in [0.1, 0.15) is 44.2 Å². The van der Waals surface area contributed by atoms with Gasteiger partial charge in [-0.05, 0) is 32.3 Å². The fourth-order valence-electron chi connectivity index (χ4n) is 2.96. The highest BCUT2D eigenvalue weighted by Crippen LogP contribution is 2.28. The minimum absolute atomic E-state index is 0.206. The molecule has 3 N–H and O–H groups in total. The highest BCUT2D eigenvalue weighted by Gasteiger charge is 2.29. The van der Waals surface area contributed by atoms with Gasteiger partial charge in [0.1, 0.15) is 11.7 Å². The summed E-state index contributed by atoms with van der Waals surface area (Å²) in [7, 11) is 0. The van der Waals surface area contributed by atoms with Crippen LogP contribution in [0, 0.1) is 11.2 Å². The molecule has 1 saturated heterocycles. The monoisotopic (exact) mass is 263 g/mol. The summed E-state index contributed by atoms with van der Waals surface area (Å²) in [6.07, 6.45) is 3.45. The van der Waals surface area contributed by atoms with E-state index in [-0.39, 0.29) is 17.2 Å². The molecule has 1 fully saturated rings. The van der Waals surface area contributed by atoms with E-state index < -0.39 is 0 Å². The lowest BCUT2D eigenvalue weighted by Crippen LogP contribution is -2.34. The highest BCUT2D eigenvalue weighted by molar-refractivity contribution is 5.95. The summed E-state index contributed by atoms with van der Waals surface area (Å²) in [5.74, 6) is -0.551. The second kappa shape index (κ2) is 5.70. The van der Waals surface area contributed by atoms with Crippen molar-refractivity contribution in [3.05, 3.63) is 35.1 Å². The van der Waals surface area contributed by atoms with Gasteiger partial charge in [0.05, 0.1) is 5.56 Å². The number of rotatable bonds is 4. The molecule has 1 aromatic rings. The van der Waals surface area contributed by atoms with Crippen LogP contribution < -0.4 is 5.73 Å². The van der Waals surface area contributed by atoms with Gasteiger partial charge in [-0.1, -0.05) is 19.1 Å². The molecule has 1 aliphatic rings. The van der Waals surface area contributed by atoms with Gasteiger partial charge in [-0.3, -0.25) is 10.3 Å². The van der Waals surface area contributed by atoms with Gasteiger partial charge in [-0.25, -0.2) is 4.39 Å². The first-order valence-electron chi connectivity index (χ1n) is 6.92. The maximum absolute atomic E-state index is 14.3. The van der Waals surface area contributed by atoms with E-state index in [9.17, 15) is 4.39 Å². The smallest absolute Gasteiger partial charge is 0.138 e. The molecule has 0 saturated carbocycles. The Morgan fingerprint density at radius 3 is 2.84 bits per heavy atom. The Labute approximate surface area is 114 Å². The van der Waals surface area contributed by atoms with Gasteiger partial charge < -0.3 is 5.73 Å². The first-order chi connectivity index (χ1) is 9.04. The molecule has 0 bridgehead atoms. The molecule has 3 nitrogen and oxygen atoms in total. The Hall–Kier alpha value is -1.42. The van der Waals surface area contributed by atoms with Crippen molar-refractivity contribution >= 4 is 5.84 Å². The lowest BCUT2D eigenvalue weighted by atomic mass is 10.1. The van der Waals surface area contributed by atoms with Gasteiger partial charge in [0, 0.05) is 24.2 Å². The number of halogens is 1. The van der Waals surface area contributed by atoms with Crippen molar-refractivity contribution < 1.29 is 4.39 Å². The number of nitrogen functional groups attached to an aromatic ring is 1. The average molecular weight is 263 g/mol. The molecule has 1 aromatic carbocycles. The van der Waals surface area contributed by atoms with Crippen LogP contribution in [0.5, 0.6) is 0 Å². The molecule has 2 atom stereocenters. The lowest BCUT2D eigenvalue weighted by Gasteiger charge is -2.28. The number of amidine groups is 1. The molecule has 4 heteroatoms. The van der Waals surface area contributed by atoms with E-state index in [0.29, 0.717) is 24.2 Å². The van der Waals surface area contributed by atoms with Crippen LogP contribution in [-0.4, -0.2) is 22.8 Å². The predicted molar refractivity (Wildman–Crippen MR) is 75.7 cm³/mol. The molecule has 0 amide bonds. The zero-order valence-corrected chi connectivity index (χ0v) is 11.6. The zero-order valence-electron chi connectivity index (χ0n) is 11.6. The average Bonchev–Trinajstić information content (AvgIpc) is 2.72. The number of nitrogens with two attached hydrogens (primary N) is 1. The van der Waals surface area contributed by atoms with Crippen LogP contribution >= 0.6 is 0 Å². The molecule has 19 heavy (non-hydrogen) atoms. The van der Waals surface area contributed by atoms with E-state index in [4.69, 9.17) is 11.1 Å². The van der Waals surface area contributed by atoms with E-state index >= 15 is 0 Å². The number of nitrogens with one attached hydrogen (secondary N) is 1. The third kappa shape index (κ3) is 2.78. The number of nitrogens with zero attached hydrogens (tertiary/aromatic N) is 1. The SMILES string of the molecule is CCC1CCC(C)N1Cc1cccc(C(=N)N)c1F. The fourth-order valence-corrected chi connectivity index (χ4v) is 2.96. The first kappa shape index (κ1) is 14.0. The zero-order chi connectivity index (χ0) is 14.0. The van der Waals surface area contributed by atoms with E-state index in [1.165, 1.54) is 12.8 Å². The van der Waals surface area contributed by atoms with Gasteiger partial charge in [0.15, 0.2) is 0 Å². The van der Waals surface area contributed by atoms with Gasteiger partial charge in [0.25, 0.3) is 0 Å². The molecular weight excluding hydrogens is 241 g/mol. The molecular formula is C15H22FN3. The van der Waals surface area contributed by atoms with Crippen LogP contribution in [0.15, 0.2) is 18.2 Å². The maximum Gasteiger partial charge on any atom is 0.138 e. The third-order valence-corrected chi connectivity index (χ3v) is 4.15. The Morgan fingerprint density at radius 2 is 2.21 bits per heavy atom. The predicted octanol–water partition coefficient (Wildman–Crippen LogP) is 2.87. The normalized spacial score (nSPS) is 23.7. The quantitative estimate of drug-likeness (QED) is 0.648. The molecule has 1 heterocycles. The molecule has 0 spiro atoms. The van der Waals surface area contributed by atoms with Gasteiger partial charge in [-0.2, -0.15) is 0 Å². The second-order valence-corrected chi connectivity index (χ2v) is 5.35. The van der Waals surface area contributed by atoms with Crippen molar-refractivity contribution in [1.82, 2.24) is 4.90 Å². The Kier molecular flexibility index (Phi) is 4.20. The van der Waals surface area contributed by atoms with Crippen LogP contribution in [0.25, 0.3) is 0 Å². The van der Waals surface area contributed by atoms with E-state index in [2.05, 4.69) is 18.7 Å². The second-order valence-electron chi connectivity index (χ2n) is 5.35. The fraction of sp³-hybridized carbons (Fsp3) is 0.533. The number of benzene rings is 1. The molecule has 0 radical (unpaired) electrons. The molecule has 2 unspecified atom stereocenters. The van der Waals surface area contributed by atoms with E-state index in [0.717, 1.165) is 6.42 Å². The van der Waals surface area contributed by atoms with Crippen molar-refractivity contribution in [3.63, 3.8) is 0 Å². The standard InChI is InChI=1S/C15H22FN3/c1-3-12-8-7-10(2)19(12)9-11-5-4-6-13(14(11)16)15(17)18/h4-6,10,12H,3,7-9H2,1-2H3,(H3,17,18). The molecule has 2 rings (SSSR count). The van der Waals surface area contributed by atoms with Crippen molar-refractivity contribution in [3.8, 4) is 0 Å². The number of hydrogen-bond donors (Lipinski definition) is 2. The van der Waals surface area contributed by atoms with Crippen molar-refractivity contribution in [2.75, 3.05) is 0 Å². The van der Waals surface area contributed by atoms with Crippen LogP contribution in [0.4, 0.5) is 4.39 Å². The summed E-state index contributed by atoms with van der Waals surface area (Å²) in [6.45, 7) is 4.98. The van der Waals surface area contributed by atoms with Crippen LogP contribution in [0.3, 0.4) is 0 Å². The van der Waals surface area contributed by atoms with Crippen LogP contribution in [0.2, 0.25) is 0 Å². The lowest BCUT2D eigenvalue weighted by molar-refractivity contribution is 0.187. The molecule has 104 valence electrons. The van der Waals surface area contributed by atoms with Gasteiger partial charge >= 0.3 is 0 Å². The Bertz CT molecular complexity index is 472. The molecule has 1 aliphatic heterocycles. The minimum Gasteiger partial charge on any atom is -0.384 e. The maximum atomic E-state index is 14.3. The Morgan fingerprint density at radius 1 is 1.47 bits per heavy atom. The summed E-state index contributed by atoms with van der Waals surface area (Å²) in [5.41, 5.74) is 6.25. The summed E-state index contributed by atoms with van der Waals surface area (Å²) < 4.78 is 14.3.